The lowest BCUT2D eigenvalue weighted by atomic mass is 10.1. The molecule has 1 N–H and O–H groups in total. The molecule has 0 amide bonds. The van der Waals surface area contributed by atoms with E-state index in [-0.39, 0.29) is 23.7 Å². The first-order chi connectivity index (χ1) is 11.3. The van der Waals surface area contributed by atoms with Crippen molar-refractivity contribution in [1.82, 2.24) is 9.97 Å². The first-order valence-electron chi connectivity index (χ1n) is 7.17. The van der Waals surface area contributed by atoms with Crippen molar-refractivity contribution in [3.05, 3.63) is 65.2 Å². The summed E-state index contributed by atoms with van der Waals surface area (Å²) in [6.45, 7) is 1.85. The van der Waals surface area contributed by atoms with E-state index in [1.165, 1.54) is 12.1 Å². The zero-order valence-electron chi connectivity index (χ0n) is 12.7. The van der Waals surface area contributed by atoms with E-state index in [0.29, 0.717) is 10.9 Å². The summed E-state index contributed by atoms with van der Waals surface area (Å²) in [5.41, 5.74) is 1.42. The van der Waals surface area contributed by atoms with Crippen LogP contribution in [0.25, 0.3) is 10.9 Å². The van der Waals surface area contributed by atoms with Gasteiger partial charge in [0.15, 0.2) is 0 Å². The SMILES string of the molecule is Cc1cc(CNc2nc(C(F)(F)F)nc3ccccc23)ccc1F. The highest BCUT2D eigenvalue weighted by molar-refractivity contribution is 5.89. The van der Waals surface area contributed by atoms with Gasteiger partial charge in [0.25, 0.3) is 0 Å². The lowest BCUT2D eigenvalue weighted by molar-refractivity contribution is -0.144. The van der Waals surface area contributed by atoms with Gasteiger partial charge in [0.05, 0.1) is 5.52 Å². The highest BCUT2D eigenvalue weighted by Gasteiger charge is 2.35. The summed E-state index contributed by atoms with van der Waals surface area (Å²) in [5.74, 6) is -1.43. The number of anilines is 1. The van der Waals surface area contributed by atoms with Crippen molar-refractivity contribution in [3.8, 4) is 0 Å². The number of benzene rings is 2. The van der Waals surface area contributed by atoms with E-state index in [1.807, 2.05) is 0 Å². The minimum Gasteiger partial charge on any atom is -0.365 e. The van der Waals surface area contributed by atoms with Crippen LogP contribution >= 0.6 is 0 Å². The number of hydrogen-bond acceptors (Lipinski definition) is 3. The molecule has 7 heteroatoms. The Morgan fingerprint density at radius 3 is 2.50 bits per heavy atom. The van der Waals surface area contributed by atoms with Crippen LogP contribution in [0, 0.1) is 12.7 Å². The Morgan fingerprint density at radius 1 is 1.04 bits per heavy atom. The van der Waals surface area contributed by atoms with Gasteiger partial charge < -0.3 is 5.32 Å². The van der Waals surface area contributed by atoms with Crippen molar-refractivity contribution in [1.29, 1.82) is 0 Å². The number of alkyl halides is 3. The number of fused-ring (bicyclic) bond motifs is 1. The molecule has 0 saturated carbocycles. The molecule has 0 aliphatic carbocycles. The fourth-order valence-corrected chi connectivity index (χ4v) is 2.34. The number of nitrogens with zero attached hydrogens (tertiary/aromatic N) is 2. The fraction of sp³-hybridized carbons (Fsp3) is 0.176. The lowest BCUT2D eigenvalue weighted by Crippen LogP contribution is -2.13. The third kappa shape index (κ3) is 3.29. The van der Waals surface area contributed by atoms with E-state index < -0.39 is 12.0 Å². The van der Waals surface area contributed by atoms with Crippen molar-refractivity contribution < 1.29 is 17.6 Å². The number of aromatic nitrogens is 2. The average Bonchev–Trinajstić information content (AvgIpc) is 2.54. The molecule has 0 fully saturated rings. The molecule has 124 valence electrons. The van der Waals surface area contributed by atoms with E-state index in [1.54, 1.807) is 37.3 Å². The molecule has 0 aliphatic rings. The Balaban J connectivity index is 1.96. The maximum Gasteiger partial charge on any atom is 0.451 e. The minimum absolute atomic E-state index is 0.0925. The number of nitrogens with one attached hydrogen (secondary N) is 1. The molecule has 0 atom stereocenters. The first-order valence-corrected chi connectivity index (χ1v) is 7.17. The zero-order valence-corrected chi connectivity index (χ0v) is 12.7. The Morgan fingerprint density at radius 2 is 1.79 bits per heavy atom. The largest absolute Gasteiger partial charge is 0.451 e. The summed E-state index contributed by atoms with van der Waals surface area (Å²) in [6.07, 6.45) is -4.63. The molecule has 0 unspecified atom stereocenters. The average molecular weight is 335 g/mol. The maximum atomic E-state index is 13.3. The van der Waals surface area contributed by atoms with Crippen LogP contribution in [0.2, 0.25) is 0 Å². The minimum atomic E-state index is -4.63. The van der Waals surface area contributed by atoms with Crippen LogP contribution in [-0.4, -0.2) is 9.97 Å². The molecule has 0 saturated heterocycles. The molecule has 1 heterocycles. The third-order valence-corrected chi connectivity index (χ3v) is 3.54. The number of rotatable bonds is 3. The molecular weight excluding hydrogens is 322 g/mol. The third-order valence-electron chi connectivity index (χ3n) is 3.54. The lowest BCUT2D eigenvalue weighted by Gasteiger charge is -2.12. The topological polar surface area (TPSA) is 37.8 Å². The Kier molecular flexibility index (Phi) is 4.09. The van der Waals surface area contributed by atoms with Gasteiger partial charge in [-0.1, -0.05) is 24.3 Å². The van der Waals surface area contributed by atoms with Crippen molar-refractivity contribution >= 4 is 16.7 Å². The van der Waals surface area contributed by atoms with Crippen LogP contribution in [0.5, 0.6) is 0 Å². The van der Waals surface area contributed by atoms with Crippen molar-refractivity contribution in [2.45, 2.75) is 19.6 Å². The molecule has 1 aromatic heterocycles. The summed E-state index contributed by atoms with van der Waals surface area (Å²) in [6, 6.07) is 11.0. The van der Waals surface area contributed by atoms with E-state index in [0.717, 1.165) is 5.56 Å². The normalized spacial score (nSPS) is 11.7. The molecule has 0 bridgehead atoms. The predicted molar refractivity (Wildman–Crippen MR) is 83.0 cm³/mol. The van der Waals surface area contributed by atoms with Gasteiger partial charge in [-0.2, -0.15) is 13.2 Å². The van der Waals surface area contributed by atoms with E-state index >= 15 is 0 Å². The molecule has 3 nitrogen and oxygen atoms in total. The van der Waals surface area contributed by atoms with E-state index in [2.05, 4.69) is 15.3 Å². The number of hydrogen-bond donors (Lipinski definition) is 1. The summed E-state index contributed by atoms with van der Waals surface area (Å²) in [4.78, 5) is 7.17. The van der Waals surface area contributed by atoms with Gasteiger partial charge in [0.1, 0.15) is 11.6 Å². The smallest absolute Gasteiger partial charge is 0.365 e. The van der Waals surface area contributed by atoms with Crippen molar-refractivity contribution in [2.24, 2.45) is 0 Å². The Bertz CT molecular complexity index is 891. The van der Waals surface area contributed by atoms with E-state index in [9.17, 15) is 17.6 Å². The van der Waals surface area contributed by atoms with Crippen LogP contribution in [0.4, 0.5) is 23.4 Å². The molecule has 0 spiro atoms. The van der Waals surface area contributed by atoms with Gasteiger partial charge in [-0.25, -0.2) is 14.4 Å². The molecular formula is C17H13F4N3. The zero-order chi connectivity index (χ0) is 17.3. The molecule has 0 radical (unpaired) electrons. The molecule has 24 heavy (non-hydrogen) atoms. The van der Waals surface area contributed by atoms with E-state index in [4.69, 9.17) is 0 Å². The molecule has 3 rings (SSSR count). The maximum absolute atomic E-state index is 13.3. The summed E-state index contributed by atoms with van der Waals surface area (Å²) >= 11 is 0. The summed E-state index contributed by atoms with van der Waals surface area (Å²) in [7, 11) is 0. The van der Waals surface area contributed by atoms with Gasteiger partial charge in [0, 0.05) is 11.9 Å². The van der Waals surface area contributed by atoms with Crippen molar-refractivity contribution in [2.75, 3.05) is 5.32 Å². The highest BCUT2D eigenvalue weighted by Crippen LogP contribution is 2.30. The predicted octanol–water partition coefficient (Wildman–Crippen LogP) is 4.71. The standard InChI is InChI=1S/C17H13F4N3/c1-10-8-11(6-7-13(10)18)9-22-15-12-4-2-3-5-14(12)23-16(24-15)17(19,20)21/h2-8H,9H2,1H3,(H,22,23,24). The van der Waals surface area contributed by atoms with Gasteiger partial charge in [-0.05, 0) is 36.2 Å². The van der Waals surface area contributed by atoms with Crippen LogP contribution in [0.1, 0.15) is 17.0 Å². The second-order valence-corrected chi connectivity index (χ2v) is 5.35. The van der Waals surface area contributed by atoms with Gasteiger partial charge in [-0.3, -0.25) is 0 Å². The number of aryl methyl sites for hydroxylation is 1. The monoisotopic (exact) mass is 335 g/mol. The molecule has 0 aliphatic heterocycles. The number of halogens is 4. The Hall–Kier alpha value is -2.70. The number of para-hydroxylation sites is 1. The van der Waals surface area contributed by atoms with Gasteiger partial charge in [0.2, 0.25) is 5.82 Å². The summed E-state index contributed by atoms with van der Waals surface area (Å²) < 4.78 is 52.2. The summed E-state index contributed by atoms with van der Waals surface area (Å²) in [5, 5.41) is 3.38. The van der Waals surface area contributed by atoms with Gasteiger partial charge >= 0.3 is 6.18 Å². The quantitative estimate of drug-likeness (QED) is 0.705. The van der Waals surface area contributed by atoms with Crippen LogP contribution in [0.15, 0.2) is 42.5 Å². The highest BCUT2D eigenvalue weighted by atomic mass is 19.4. The fourth-order valence-electron chi connectivity index (χ4n) is 2.34. The second-order valence-electron chi connectivity index (χ2n) is 5.35. The first kappa shape index (κ1) is 16.2. The van der Waals surface area contributed by atoms with Crippen molar-refractivity contribution in [3.63, 3.8) is 0 Å². The van der Waals surface area contributed by atoms with Crippen LogP contribution in [-0.2, 0) is 12.7 Å². The molecule has 3 aromatic rings. The van der Waals surface area contributed by atoms with Crippen LogP contribution in [0.3, 0.4) is 0 Å². The Labute approximate surface area is 135 Å². The van der Waals surface area contributed by atoms with Gasteiger partial charge in [-0.15, -0.1) is 0 Å². The molecule has 2 aromatic carbocycles. The van der Waals surface area contributed by atoms with Crippen LogP contribution < -0.4 is 5.32 Å². The second kappa shape index (κ2) is 6.07.